The maximum Gasteiger partial charge on any atom is 0.223 e. The molecule has 0 atom stereocenters. The van der Waals surface area contributed by atoms with Crippen LogP contribution in [-0.4, -0.2) is 19.0 Å². The summed E-state index contributed by atoms with van der Waals surface area (Å²) in [6.07, 6.45) is 1.88. The van der Waals surface area contributed by atoms with Gasteiger partial charge in [0, 0.05) is 12.5 Å². The summed E-state index contributed by atoms with van der Waals surface area (Å²) in [7, 11) is 0. The molecule has 1 saturated heterocycles. The topological polar surface area (TPSA) is 41.1 Å². The molecule has 1 fully saturated rings. The number of hydrogen-bond acceptors (Lipinski definition) is 2. The summed E-state index contributed by atoms with van der Waals surface area (Å²) in [5.74, 6) is 0.351. The zero-order valence-electron chi connectivity index (χ0n) is 14.0. The van der Waals surface area contributed by atoms with E-state index in [2.05, 4.69) is 66.1 Å². The van der Waals surface area contributed by atoms with E-state index in [-0.39, 0.29) is 24.2 Å². The molecule has 0 spiro atoms. The highest BCUT2D eigenvalue weighted by Crippen LogP contribution is 2.21. The van der Waals surface area contributed by atoms with Gasteiger partial charge in [0.25, 0.3) is 0 Å². The first kappa shape index (κ1) is 18.5. The molecule has 4 heteroatoms. The van der Waals surface area contributed by atoms with Crippen molar-refractivity contribution in [2.75, 3.05) is 13.1 Å². The fourth-order valence-electron chi connectivity index (χ4n) is 3.10. The van der Waals surface area contributed by atoms with Crippen molar-refractivity contribution in [2.45, 2.75) is 26.3 Å². The predicted molar refractivity (Wildman–Crippen MR) is 101 cm³/mol. The van der Waals surface area contributed by atoms with Crippen LogP contribution in [0.4, 0.5) is 0 Å². The smallest absolute Gasteiger partial charge is 0.223 e. The second-order valence-electron chi connectivity index (χ2n) is 6.31. The Bertz CT molecular complexity index is 681. The number of benzene rings is 2. The SMILES string of the molecule is Cc1cccc(-c2cccc(CNC(=O)C3CCNCC3)c2)c1.Cl. The number of halogens is 1. The van der Waals surface area contributed by atoms with Gasteiger partial charge >= 0.3 is 0 Å². The minimum absolute atomic E-state index is 0. The van der Waals surface area contributed by atoms with Crippen LogP contribution in [0.3, 0.4) is 0 Å². The minimum Gasteiger partial charge on any atom is -0.352 e. The van der Waals surface area contributed by atoms with Crippen LogP contribution in [0, 0.1) is 12.8 Å². The molecule has 0 saturated carbocycles. The number of amides is 1. The molecule has 128 valence electrons. The Morgan fingerprint density at radius 1 is 1.08 bits per heavy atom. The third kappa shape index (κ3) is 4.83. The highest BCUT2D eigenvalue weighted by molar-refractivity contribution is 5.85. The fraction of sp³-hybridized carbons (Fsp3) is 0.350. The highest BCUT2D eigenvalue weighted by atomic mass is 35.5. The van der Waals surface area contributed by atoms with Gasteiger partial charge in [-0.2, -0.15) is 0 Å². The summed E-state index contributed by atoms with van der Waals surface area (Å²) < 4.78 is 0. The molecule has 24 heavy (non-hydrogen) atoms. The number of nitrogens with one attached hydrogen (secondary N) is 2. The third-order valence-electron chi connectivity index (χ3n) is 4.46. The van der Waals surface area contributed by atoms with Crippen LogP contribution in [0.15, 0.2) is 48.5 Å². The summed E-state index contributed by atoms with van der Waals surface area (Å²) in [4.78, 5) is 12.2. The normalized spacial score (nSPS) is 14.7. The number of aryl methyl sites for hydroxylation is 1. The second kappa shape index (κ2) is 8.86. The van der Waals surface area contributed by atoms with E-state index in [1.807, 2.05) is 0 Å². The minimum atomic E-state index is 0. The standard InChI is InChI=1S/C20H24N2O.ClH/c1-15-4-2-6-18(12-15)19-7-3-5-16(13-19)14-22-20(23)17-8-10-21-11-9-17;/h2-7,12-13,17,21H,8-11,14H2,1H3,(H,22,23);1H. The lowest BCUT2D eigenvalue weighted by molar-refractivity contribution is -0.125. The van der Waals surface area contributed by atoms with Crippen LogP contribution >= 0.6 is 12.4 Å². The number of hydrogen-bond donors (Lipinski definition) is 2. The van der Waals surface area contributed by atoms with Crippen molar-refractivity contribution in [1.82, 2.24) is 10.6 Å². The summed E-state index contributed by atoms with van der Waals surface area (Å²) in [5.41, 5.74) is 4.82. The van der Waals surface area contributed by atoms with Gasteiger partial charge in [0.1, 0.15) is 0 Å². The van der Waals surface area contributed by atoms with E-state index < -0.39 is 0 Å². The van der Waals surface area contributed by atoms with Crippen LogP contribution in [0.25, 0.3) is 11.1 Å². The van der Waals surface area contributed by atoms with E-state index in [1.165, 1.54) is 16.7 Å². The van der Waals surface area contributed by atoms with E-state index in [0.717, 1.165) is 31.5 Å². The van der Waals surface area contributed by atoms with Gasteiger partial charge in [-0.25, -0.2) is 0 Å². The summed E-state index contributed by atoms with van der Waals surface area (Å²) >= 11 is 0. The molecule has 0 radical (unpaired) electrons. The lowest BCUT2D eigenvalue weighted by Gasteiger charge is -2.21. The summed E-state index contributed by atoms with van der Waals surface area (Å²) in [6.45, 7) is 4.59. The zero-order valence-corrected chi connectivity index (χ0v) is 14.9. The first-order chi connectivity index (χ1) is 11.2. The lowest BCUT2D eigenvalue weighted by atomic mass is 9.97. The average Bonchev–Trinajstić information content (AvgIpc) is 2.61. The Balaban J connectivity index is 0.00000208. The Labute approximate surface area is 150 Å². The maximum absolute atomic E-state index is 12.2. The van der Waals surface area contributed by atoms with Crippen molar-refractivity contribution < 1.29 is 4.79 Å². The Morgan fingerprint density at radius 3 is 2.46 bits per heavy atom. The Morgan fingerprint density at radius 2 is 1.75 bits per heavy atom. The van der Waals surface area contributed by atoms with E-state index in [0.29, 0.717) is 6.54 Å². The monoisotopic (exact) mass is 344 g/mol. The lowest BCUT2D eigenvalue weighted by Crippen LogP contribution is -2.37. The van der Waals surface area contributed by atoms with E-state index in [9.17, 15) is 4.79 Å². The molecule has 1 aliphatic heterocycles. The fourth-order valence-corrected chi connectivity index (χ4v) is 3.10. The van der Waals surface area contributed by atoms with Crippen LogP contribution in [0.2, 0.25) is 0 Å². The molecule has 2 N–H and O–H groups in total. The zero-order chi connectivity index (χ0) is 16.1. The Hall–Kier alpha value is -1.84. The van der Waals surface area contributed by atoms with Crippen molar-refractivity contribution in [3.05, 3.63) is 59.7 Å². The van der Waals surface area contributed by atoms with Gasteiger partial charge in [-0.3, -0.25) is 4.79 Å². The molecule has 3 nitrogen and oxygen atoms in total. The molecule has 1 heterocycles. The van der Waals surface area contributed by atoms with Crippen molar-refractivity contribution in [2.24, 2.45) is 5.92 Å². The van der Waals surface area contributed by atoms with Gasteiger partial charge in [-0.1, -0.05) is 48.0 Å². The van der Waals surface area contributed by atoms with Gasteiger partial charge in [0.2, 0.25) is 5.91 Å². The van der Waals surface area contributed by atoms with Gasteiger partial charge < -0.3 is 10.6 Å². The molecular weight excluding hydrogens is 320 g/mol. The van der Waals surface area contributed by atoms with Crippen molar-refractivity contribution in [3.8, 4) is 11.1 Å². The van der Waals surface area contributed by atoms with Crippen LogP contribution in [-0.2, 0) is 11.3 Å². The first-order valence-electron chi connectivity index (χ1n) is 8.37. The molecule has 2 aromatic carbocycles. The van der Waals surface area contributed by atoms with Crippen LogP contribution < -0.4 is 10.6 Å². The predicted octanol–water partition coefficient (Wildman–Crippen LogP) is 3.70. The molecule has 3 rings (SSSR count). The van der Waals surface area contributed by atoms with Crippen molar-refractivity contribution in [3.63, 3.8) is 0 Å². The molecule has 0 bridgehead atoms. The van der Waals surface area contributed by atoms with Crippen LogP contribution in [0.1, 0.15) is 24.0 Å². The Kier molecular flexibility index (Phi) is 6.83. The molecule has 0 aliphatic carbocycles. The molecule has 2 aromatic rings. The molecule has 0 aromatic heterocycles. The van der Waals surface area contributed by atoms with Crippen molar-refractivity contribution >= 4 is 18.3 Å². The molecule has 0 unspecified atom stereocenters. The molecule has 1 aliphatic rings. The van der Waals surface area contributed by atoms with Gasteiger partial charge in [-0.15, -0.1) is 12.4 Å². The summed E-state index contributed by atoms with van der Waals surface area (Å²) in [5, 5.41) is 6.39. The van der Waals surface area contributed by atoms with E-state index >= 15 is 0 Å². The average molecular weight is 345 g/mol. The van der Waals surface area contributed by atoms with E-state index in [1.54, 1.807) is 0 Å². The van der Waals surface area contributed by atoms with Gasteiger partial charge in [-0.05, 0) is 55.6 Å². The molecular formula is C20H25ClN2O. The molecule has 1 amide bonds. The third-order valence-corrected chi connectivity index (χ3v) is 4.46. The number of rotatable bonds is 4. The number of piperidine rings is 1. The van der Waals surface area contributed by atoms with E-state index in [4.69, 9.17) is 0 Å². The largest absolute Gasteiger partial charge is 0.352 e. The van der Waals surface area contributed by atoms with Crippen molar-refractivity contribution in [1.29, 1.82) is 0 Å². The van der Waals surface area contributed by atoms with Gasteiger partial charge in [0.05, 0.1) is 0 Å². The number of carbonyl (C=O) groups excluding carboxylic acids is 1. The van der Waals surface area contributed by atoms with Crippen LogP contribution in [0.5, 0.6) is 0 Å². The highest BCUT2D eigenvalue weighted by Gasteiger charge is 2.20. The second-order valence-corrected chi connectivity index (χ2v) is 6.31. The maximum atomic E-state index is 12.2. The summed E-state index contributed by atoms with van der Waals surface area (Å²) in [6, 6.07) is 16.9. The quantitative estimate of drug-likeness (QED) is 0.888. The number of carbonyl (C=O) groups is 1. The first-order valence-corrected chi connectivity index (χ1v) is 8.37. The van der Waals surface area contributed by atoms with Gasteiger partial charge in [0.15, 0.2) is 0 Å².